The van der Waals surface area contributed by atoms with Gasteiger partial charge in [-0.05, 0) is 30.9 Å². The predicted octanol–water partition coefficient (Wildman–Crippen LogP) is 3.66. The van der Waals surface area contributed by atoms with Crippen molar-refractivity contribution < 1.29 is 0 Å². The van der Waals surface area contributed by atoms with Gasteiger partial charge in [0.25, 0.3) is 0 Å². The van der Waals surface area contributed by atoms with E-state index in [0.29, 0.717) is 0 Å². The average molecular weight is 238 g/mol. The van der Waals surface area contributed by atoms with Crippen LogP contribution in [-0.2, 0) is 0 Å². The van der Waals surface area contributed by atoms with Crippen LogP contribution in [0.4, 0.5) is 5.69 Å². The Kier molecular flexibility index (Phi) is 3.01. The van der Waals surface area contributed by atoms with E-state index in [9.17, 15) is 0 Å². The minimum atomic E-state index is 1.17. The Morgan fingerprint density at radius 2 is 1.72 bits per heavy atom. The van der Waals surface area contributed by atoms with E-state index < -0.39 is 0 Å². The summed E-state index contributed by atoms with van der Waals surface area (Å²) < 4.78 is 0. The van der Waals surface area contributed by atoms with Crippen LogP contribution in [0.25, 0.3) is 11.1 Å². The molecule has 0 unspecified atom stereocenters. The summed E-state index contributed by atoms with van der Waals surface area (Å²) in [5.41, 5.74) is 5.15. The Morgan fingerprint density at radius 1 is 1.00 bits per heavy atom. The van der Waals surface area contributed by atoms with Crippen LogP contribution in [0.3, 0.4) is 0 Å². The molecule has 1 aliphatic heterocycles. The molecule has 3 rings (SSSR count). The van der Waals surface area contributed by atoms with E-state index in [0.717, 1.165) is 0 Å². The van der Waals surface area contributed by atoms with Gasteiger partial charge in [0.1, 0.15) is 0 Å². The second-order valence-corrected chi connectivity index (χ2v) is 4.89. The molecule has 2 heteroatoms. The van der Waals surface area contributed by atoms with Gasteiger partial charge in [-0.3, -0.25) is 4.98 Å². The van der Waals surface area contributed by atoms with Gasteiger partial charge in [0.05, 0.1) is 11.9 Å². The molecule has 1 saturated heterocycles. The molecule has 92 valence electrons. The summed E-state index contributed by atoms with van der Waals surface area (Å²) in [6.07, 6.45) is 6.58. The topological polar surface area (TPSA) is 16.1 Å². The van der Waals surface area contributed by atoms with Crippen molar-refractivity contribution in [2.24, 2.45) is 0 Å². The predicted molar refractivity (Wildman–Crippen MR) is 75.9 cm³/mol. The van der Waals surface area contributed by atoms with Gasteiger partial charge in [-0.15, -0.1) is 0 Å². The molecule has 2 nitrogen and oxygen atoms in total. The maximum atomic E-state index is 4.42. The van der Waals surface area contributed by atoms with Crippen molar-refractivity contribution in [3.05, 3.63) is 48.3 Å². The lowest BCUT2D eigenvalue weighted by atomic mass is 10.0. The summed E-state index contributed by atoms with van der Waals surface area (Å²) >= 11 is 0. The Morgan fingerprint density at radius 3 is 2.44 bits per heavy atom. The van der Waals surface area contributed by atoms with Gasteiger partial charge in [0.15, 0.2) is 0 Å². The normalized spacial score (nSPS) is 15.1. The molecular formula is C16H18N2. The average Bonchev–Trinajstić information content (AvgIpc) is 2.94. The first-order valence-electron chi connectivity index (χ1n) is 6.61. The third kappa shape index (κ3) is 1.99. The molecule has 0 radical (unpaired) electrons. The van der Waals surface area contributed by atoms with E-state index in [1.807, 2.05) is 12.4 Å². The van der Waals surface area contributed by atoms with E-state index in [4.69, 9.17) is 0 Å². The largest absolute Gasteiger partial charge is 0.370 e. The number of anilines is 1. The van der Waals surface area contributed by atoms with Crippen molar-refractivity contribution in [3.63, 3.8) is 0 Å². The second-order valence-electron chi connectivity index (χ2n) is 4.89. The first-order valence-corrected chi connectivity index (χ1v) is 6.61. The zero-order valence-electron chi connectivity index (χ0n) is 10.8. The highest BCUT2D eigenvalue weighted by atomic mass is 15.1. The molecule has 1 aromatic carbocycles. The Bertz CT molecular complexity index is 528. The van der Waals surface area contributed by atoms with Crippen molar-refractivity contribution in [2.75, 3.05) is 18.0 Å². The molecule has 0 atom stereocenters. The molecule has 0 bridgehead atoms. The minimum Gasteiger partial charge on any atom is -0.370 e. The first-order chi connectivity index (χ1) is 8.86. The molecular weight excluding hydrogens is 220 g/mol. The number of hydrogen-bond donors (Lipinski definition) is 0. The summed E-state index contributed by atoms with van der Waals surface area (Å²) in [6, 6.07) is 10.5. The Hall–Kier alpha value is -1.83. The summed E-state index contributed by atoms with van der Waals surface area (Å²) in [5, 5.41) is 0. The molecule has 2 aromatic rings. The molecule has 18 heavy (non-hydrogen) atoms. The third-order valence-electron chi connectivity index (χ3n) is 3.72. The number of pyridine rings is 1. The summed E-state index contributed by atoms with van der Waals surface area (Å²) in [7, 11) is 0. The number of nitrogens with zero attached hydrogens (tertiary/aromatic N) is 2. The quantitative estimate of drug-likeness (QED) is 0.793. The van der Waals surface area contributed by atoms with Gasteiger partial charge >= 0.3 is 0 Å². The second kappa shape index (κ2) is 4.81. The number of benzene rings is 1. The van der Waals surface area contributed by atoms with Crippen molar-refractivity contribution >= 4 is 5.69 Å². The Balaban J connectivity index is 2.04. The van der Waals surface area contributed by atoms with Crippen molar-refractivity contribution in [3.8, 4) is 11.1 Å². The van der Waals surface area contributed by atoms with Crippen LogP contribution in [0.15, 0.2) is 42.7 Å². The van der Waals surface area contributed by atoms with E-state index in [2.05, 4.69) is 47.1 Å². The van der Waals surface area contributed by atoms with Gasteiger partial charge in [-0.25, -0.2) is 0 Å². The van der Waals surface area contributed by atoms with Crippen LogP contribution in [0, 0.1) is 6.92 Å². The highest BCUT2D eigenvalue weighted by Gasteiger charge is 2.16. The van der Waals surface area contributed by atoms with Crippen LogP contribution < -0.4 is 4.90 Å². The lowest BCUT2D eigenvalue weighted by molar-refractivity contribution is 0.949. The van der Waals surface area contributed by atoms with Gasteiger partial charge < -0.3 is 4.90 Å². The van der Waals surface area contributed by atoms with Crippen LogP contribution in [0.1, 0.15) is 18.4 Å². The molecule has 1 aromatic heterocycles. The monoisotopic (exact) mass is 238 g/mol. The lowest BCUT2D eigenvalue weighted by Gasteiger charge is -2.21. The van der Waals surface area contributed by atoms with E-state index in [1.165, 1.54) is 48.3 Å². The van der Waals surface area contributed by atoms with E-state index in [-0.39, 0.29) is 0 Å². The standard InChI is InChI=1S/C16H18N2/c1-13-15(14-7-3-2-4-8-14)11-17-12-16(13)18-9-5-6-10-18/h2-4,7-8,11-12H,5-6,9-10H2,1H3. The van der Waals surface area contributed by atoms with Gasteiger partial charge in [0.2, 0.25) is 0 Å². The zero-order chi connectivity index (χ0) is 12.4. The molecule has 0 saturated carbocycles. The summed E-state index contributed by atoms with van der Waals surface area (Å²) in [6.45, 7) is 4.54. The first kappa shape index (κ1) is 11.3. The van der Waals surface area contributed by atoms with E-state index in [1.54, 1.807) is 0 Å². The molecule has 0 spiro atoms. The van der Waals surface area contributed by atoms with Gasteiger partial charge in [0, 0.05) is 24.8 Å². The van der Waals surface area contributed by atoms with Crippen LogP contribution >= 0.6 is 0 Å². The maximum absolute atomic E-state index is 4.42. The third-order valence-corrected chi connectivity index (χ3v) is 3.72. The fourth-order valence-electron chi connectivity index (χ4n) is 2.70. The van der Waals surface area contributed by atoms with E-state index >= 15 is 0 Å². The zero-order valence-corrected chi connectivity index (χ0v) is 10.8. The van der Waals surface area contributed by atoms with Crippen LogP contribution in [-0.4, -0.2) is 18.1 Å². The number of aromatic nitrogens is 1. The Labute approximate surface area is 108 Å². The molecule has 0 aliphatic carbocycles. The molecule has 1 fully saturated rings. The highest BCUT2D eigenvalue weighted by molar-refractivity contribution is 5.72. The van der Waals surface area contributed by atoms with Crippen LogP contribution in [0.2, 0.25) is 0 Å². The molecule has 2 heterocycles. The van der Waals surface area contributed by atoms with Crippen LogP contribution in [0.5, 0.6) is 0 Å². The minimum absolute atomic E-state index is 1.17. The SMILES string of the molecule is Cc1c(-c2ccccc2)cncc1N1CCCC1. The summed E-state index contributed by atoms with van der Waals surface area (Å²) in [4.78, 5) is 6.88. The number of rotatable bonds is 2. The smallest absolute Gasteiger partial charge is 0.0588 e. The molecule has 1 aliphatic rings. The highest BCUT2D eigenvalue weighted by Crippen LogP contribution is 2.30. The lowest BCUT2D eigenvalue weighted by Crippen LogP contribution is -2.19. The maximum Gasteiger partial charge on any atom is 0.0588 e. The van der Waals surface area contributed by atoms with Gasteiger partial charge in [-0.2, -0.15) is 0 Å². The van der Waals surface area contributed by atoms with Crippen molar-refractivity contribution in [1.82, 2.24) is 4.98 Å². The number of hydrogen-bond acceptors (Lipinski definition) is 2. The molecule has 0 amide bonds. The fraction of sp³-hybridized carbons (Fsp3) is 0.312. The van der Waals surface area contributed by atoms with Gasteiger partial charge in [-0.1, -0.05) is 30.3 Å². The molecule has 0 N–H and O–H groups in total. The van der Waals surface area contributed by atoms with Crippen molar-refractivity contribution in [1.29, 1.82) is 0 Å². The summed E-state index contributed by atoms with van der Waals surface area (Å²) in [5.74, 6) is 0. The van der Waals surface area contributed by atoms with Crippen molar-refractivity contribution in [2.45, 2.75) is 19.8 Å². The fourth-order valence-corrected chi connectivity index (χ4v) is 2.70.